The fourth-order valence-electron chi connectivity index (χ4n) is 1.70. The second-order valence-corrected chi connectivity index (χ2v) is 3.71. The minimum Gasteiger partial charge on any atom is -0.497 e. The Morgan fingerprint density at radius 1 is 1.28 bits per heavy atom. The van der Waals surface area contributed by atoms with Gasteiger partial charge in [-0.15, -0.1) is 0 Å². The Morgan fingerprint density at radius 2 is 2.06 bits per heavy atom. The van der Waals surface area contributed by atoms with Crippen molar-refractivity contribution in [1.82, 2.24) is 0 Å². The Bertz CT molecular complexity index is 555. The lowest BCUT2D eigenvalue weighted by molar-refractivity contribution is 0.0900. The van der Waals surface area contributed by atoms with Crippen LogP contribution in [-0.2, 0) is 4.74 Å². The van der Waals surface area contributed by atoms with Crippen molar-refractivity contribution in [3.05, 3.63) is 53.8 Å². The molecule has 0 saturated carbocycles. The van der Waals surface area contributed by atoms with Crippen LogP contribution < -0.4 is 4.74 Å². The van der Waals surface area contributed by atoms with Crippen molar-refractivity contribution in [2.45, 2.75) is 0 Å². The van der Waals surface area contributed by atoms with Gasteiger partial charge in [0.05, 0.1) is 7.11 Å². The Hall–Kier alpha value is -2.36. The number of hydrogen-bond donors (Lipinski definition) is 0. The molecule has 4 nitrogen and oxygen atoms in total. The monoisotopic (exact) mass is 244 g/mol. The SMILES string of the molecule is C=CCOC1=CC(=O)c2cc(OC)ccc2C1=O. The zero-order valence-corrected chi connectivity index (χ0v) is 9.93. The molecule has 1 aromatic carbocycles. The van der Waals surface area contributed by atoms with Crippen LogP contribution in [0.5, 0.6) is 5.75 Å². The third-order valence-corrected chi connectivity index (χ3v) is 2.58. The summed E-state index contributed by atoms with van der Waals surface area (Å²) in [5.74, 6) is 0.0352. The van der Waals surface area contributed by atoms with Gasteiger partial charge in [0, 0.05) is 17.2 Å². The zero-order valence-electron chi connectivity index (χ0n) is 9.93. The van der Waals surface area contributed by atoms with E-state index in [-0.39, 0.29) is 23.9 Å². The van der Waals surface area contributed by atoms with Crippen molar-refractivity contribution in [3.63, 3.8) is 0 Å². The van der Waals surface area contributed by atoms with Crippen LogP contribution >= 0.6 is 0 Å². The molecule has 0 aromatic heterocycles. The number of allylic oxidation sites excluding steroid dienone is 2. The molecule has 4 heteroatoms. The zero-order chi connectivity index (χ0) is 13.1. The number of rotatable bonds is 4. The van der Waals surface area contributed by atoms with Crippen LogP contribution in [0.2, 0.25) is 0 Å². The van der Waals surface area contributed by atoms with E-state index in [2.05, 4.69) is 6.58 Å². The summed E-state index contributed by atoms with van der Waals surface area (Å²) in [5, 5.41) is 0. The summed E-state index contributed by atoms with van der Waals surface area (Å²) in [6.45, 7) is 3.68. The summed E-state index contributed by atoms with van der Waals surface area (Å²) in [6, 6.07) is 4.76. The largest absolute Gasteiger partial charge is 0.497 e. The van der Waals surface area contributed by atoms with Crippen LogP contribution in [0, 0.1) is 0 Å². The fraction of sp³-hybridized carbons (Fsp3) is 0.143. The first-order valence-electron chi connectivity index (χ1n) is 5.40. The molecule has 0 bridgehead atoms. The molecule has 18 heavy (non-hydrogen) atoms. The molecule has 0 heterocycles. The Kier molecular flexibility index (Phi) is 3.28. The van der Waals surface area contributed by atoms with E-state index in [4.69, 9.17) is 9.47 Å². The van der Waals surface area contributed by atoms with Crippen LogP contribution in [0.3, 0.4) is 0 Å². The molecule has 92 valence electrons. The predicted octanol–water partition coefficient (Wildman–Crippen LogP) is 2.16. The molecule has 0 spiro atoms. The minimum absolute atomic E-state index is 0.0533. The first-order chi connectivity index (χ1) is 8.67. The maximum atomic E-state index is 12.0. The van der Waals surface area contributed by atoms with Gasteiger partial charge >= 0.3 is 0 Å². The van der Waals surface area contributed by atoms with Gasteiger partial charge in [0.1, 0.15) is 12.4 Å². The summed E-state index contributed by atoms with van der Waals surface area (Å²) in [7, 11) is 1.51. The molecule has 0 saturated heterocycles. The minimum atomic E-state index is -0.297. The first-order valence-corrected chi connectivity index (χ1v) is 5.40. The highest BCUT2D eigenvalue weighted by atomic mass is 16.5. The lowest BCUT2D eigenvalue weighted by Crippen LogP contribution is -2.18. The van der Waals surface area contributed by atoms with Crippen LogP contribution in [0.1, 0.15) is 20.7 Å². The Labute approximate surface area is 105 Å². The number of ketones is 2. The topological polar surface area (TPSA) is 52.6 Å². The van der Waals surface area contributed by atoms with Crippen LogP contribution in [0.4, 0.5) is 0 Å². The van der Waals surface area contributed by atoms with E-state index in [0.29, 0.717) is 16.9 Å². The average molecular weight is 244 g/mol. The maximum Gasteiger partial charge on any atom is 0.228 e. The molecule has 1 aliphatic rings. The molecule has 0 amide bonds. The van der Waals surface area contributed by atoms with Crippen LogP contribution in [-0.4, -0.2) is 25.3 Å². The van der Waals surface area contributed by atoms with Gasteiger partial charge in [0.2, 0.25) is 5.78 Å². The Balaban J connectivity index is 2.40. The van der Waals surface area contributed by atoms with E-state index in [1.54, 1.807) is 18.2 Å². The normalized spacial score (nSPS) is 13.7. The van der Waals surface area contributed by atoms with E-state index in [0.717, 1.165) is 0 Å². The molecule has 0 fully saturated rings. The van der Waals surface area contributed by atoms with Gasteiger partial charge in [-0.25, -0.2) is 0 Å². The molecule has 2 rings (SSSR count). The third kappa shape index (κ3) is 2.05. The Morgan fingerprint density at radius 3 is 2.72 bits per heavy atom. The quantitative estimate of drug-likeness (QED) is 0.761. The number of fused-ring (bicyclic) bond motifs is 1. The van der Waals surface area contributed by atoms with Gasteiger partial charge in [-0.1, -0.05) is 12.7 Å². The number of carbonyl (C=O) groups is 2. The van der Waals surface area contributed by atoms with Crippen molar-refractivity contribution in [2.24, 2.45) is 0 Å². The second kappa shape index (κ2) is 4.87. The van der Waals surface area contributed by atoms with E-state index < -0.39 is 0 Å². The second-order valence-electron chi connectivity index (χ2n) is 3.71. The molecule has 0 radical (unpaired) electrons. The molecule has 0 unspecified atom stereocenters. The van der Waals surface area contributed by atoms with Crippen molar-refractivity contribution in [2.75, 3.05) is 13.7 Å². The van der Waals surface area contributed by atoms with Crippen molar-refractivity contribution >= 4 is 11.6 Å². The van der Waals surface area contributed by atoms with Crippen molar-refractivity contribution in [3.8, 4) is 5.75 Å². The lowest BCUT2D eigenvalue weighted by Gasteiger charge is -2.15. The number of ether oxygens (including phenoxy) is 2. The standard InChI is InChI=1S/C14H12O4/c1-3-6-18-13-8-12(15)11-7-9(17-2)4-5-10(11)14(13)16/h3-5,7-8H,1,6H2,2H3. The van der Waals surface area contributed by atoms with Gasteiger partial charge in [-0.05, 0) is 18.2 Å². The summed E-state index contributed by atoms with van der Waals surface area (Å²) >= 11 is 0. The summed E-state index contributed by atoms with van der Waals surface area (Å²) in [6.07, 6.45) is 2.72. The molecular weight excluding hydrogens is 232 g/mol. The number of methoxy groups -OCH3 is 1. The predicted molar refractivity (Wildman–Crippen MR) is 65.9 cm³/mol. The van der Waals surface area contributed by atoms with E-state index >= 15 is 0 Å². The first kappa shape index (κ1) is 12.1. The smallest absolute Gasteiger partial charge is 0.228 e. The molecule has 0 atom stereocenters. The number of Topliss-reactive ketones (excluding diaryl/α,β-unsaturated/α-hetero) is 1. The van der Waals surface area contributed by atoms with Crippen LogP contribution in [0.25, 0.3) is 0 Å². The summed E-state index contributed by atoms with van der Waals surface area (Å²) in [4.78, 5) is 23.9. The van der Waals surface area contributed by atoms with Crippen LogP contribution in [0.15, 0.2) is 42.7 Å². The van der Waals surface area contributed by atoms with Gasteiger partial charge < -0.3 is 9.47 Å². The highest BCUT2D eigenvalue weighted by Gasteiger charge is 2.26. The lowest BCUT2D eigenvalue weighted by atomic mass is 9.93. The van der Waals surface area contributed by atoms with Gasteiger partial charge in [0.25, 0.3) is 0 Å². The van der Waals surface area contributed by atoms with E-state index in [9.17, 15) is 9.59 Å². The maximum absolute atomic E-state index is 12.0. The third-order valence-electron chi connectivity index (χ3n) is 2.58. The molecule has 0 aliphatic heterocycles. The van der Waals surface area contributed by atoms with Gasteiger partial charge in [-0.3, -0.25) is 9.59 Å². The fourth-order valence-corrected chi connectivity index (χ4v) is 1.70. The molecule has 1 aliphatic carbocycles. The molecule has 0 N–H and O–H groups in total. The summed E-state index contributed by atoms with van der Waals surface area (Å²) < 4.78 is 10.2. The number of hydrogen-bond acceptors (Lipinski definition) is 4. The van der Waals surface area contributed by atoms with Gasteiger partial charge in [-0.2, -0.15) is 0 Å². The highest BCUT2D eigenvalue weighted by molar-refractivity contribution is 6.23. The molecule has 1 aromatic rings. The van der Waals surface area contributed by atoms with Gasteiger partial charge in [0.15, 0.2) is 11.5 Å². The molecular formula is C14H12O4. The van der Waals surface area contributed by atoms with Crippen molar-refractivity contribution in [1.29, 1.82) is 0 Å². The van der Waals surface area contributed by atoms with E-state index in [1.165, 1.54) is 19.3 Å². The van der Waals surface area contributed by atoms with E-state index in [1.807, 2.05) is 0 Å². The highest BCUT2D eigenvalue weighted by Crippen LogP contribution is 2.25. The number of benzene rings is 1. The van der Waals surface area contributed by atoms with Crippen molar-refractivity contribution < 1.29 is 19.1 Å². The summed E-state index contributed by atoms with van der Waals surface area (Å²) in [5.41, 5.74) is 0.674. The average Bonchev–Trinajstić information content (AvgIpc) is 2.40. The number of carbonyl (C=O) groups excluding carboxylic acids is 2.